The fourth-order valence-electron chi connectivity index (χ4n) is 5.70. The van der Waals surface area contributed by atoms with Crippen LogP contribution in [0.2, 0.25) is 0 Å². The standard InChI is InChI=1S/C23H47P/c1-9-13-23(7,17-18(3)4)21(24-8)20(10-2)16-19-11-14-22(5,6)15-12-19/h18-21,24H,9-17H2,1-8H3. The van der Waals surface area contributed by atoms with E-state index in [1.807, 2.05) is 0 Å². The SMILES string of the molecule is CCCC(C)(CC(C)C)C(PC)C(CC)CC1CCC(C)(C)CC1. The van der Waals surface area contributed by atoms with E-state index in [1.165, 1.54) is 57.8 Å². The van der Waals surface area contributed by atoms with Crippen LogP contribution in [-0.4, -0.2) is 12.3 Å². The second-order valence-electron chi connectivity index (χ2n) is 10.3. The van der Waals surface area contributed by atoms with Crippen LogP contribution in [0.4, 0.5) is 0 Å². The summed E-state index contributed by atoms with van der Waals surface area (Å²) in [5, 5.41) is 0. The van der Waals surface area contributed by atoms with E-state index in [9.17, 15) is 0 Å². The van der Waals surface area contributed by atoms with E-state index in [2.05, 4.69) is 55.1 Å². The molecule has 1 aliphatic rings. The molecule has 0 amide bonds. The molecular formula is C23H47P. The van der Waals surface area contributed by atoms with Crippen LogP contribution >= 0.6 is 8.58 Å². The molecule has 0 nitrogen and oxygen atoms in total. The van der Waals surface area contributed by atoms with Crippen molar-refractivity contribution in [2.75, 3.05) is 6.66 Å². The van der Waals surface area contributed by atoms with Gasteiger partial charge < -0.3 is 0 Å². The van der Waals surface area contributed by atoms with Gasteiger partial charge in [-0.25, -0.2) is 0 Å². The highest BCUT2D eigenvalue weighted by Crippen LogP contribution is 2.50. The zero-order valence-corrected chi connectivity index (χ0v) is 19.2. The van der Waals surface area contributed by atoms with Crippen molar-refractivity contribution in [1.29, 1.82) is 0 Å². The van der Waals surface area contributed by atoms with Gasteiger partial charge in [-0.2, -0.15) is 0 Å². The molecule has 0 bridgehead atoms. The number of hydrogen-bond donors (Lipinski definition) is 0. The Balaban J connectivity index is 2.80. The number of rotatable bonds is 10. The van der Waals surface area contributed by atoms with E-state index in [-0.39, 0.29) is 0 Å². The van der Waals surface area contributed by atoms with Gasteiger partial charge >= 0.3 is 0 Å². The van der Waals surface area contributed by atoms with Gasteiger partial charge in [0.25, 0.3) is 0 Å². The predicted octanol–water partition coefficient (Wildman–Crippen LogP) is 8.15. The molecule has 0 heterocycles. The monoisotopic (exact) mass is 354 g/mol. The Morgan fingerprint density at radius 2 is 1.71 bits per heavy atom. The summed E-state index contributed by atoms with van der Waals surface area (Å²) >= 11 is 0. The Morgan fingerprint density at radius 1 is 1.12 bits per heavy atom. The van der Waals surface area contributed by atoms with Crippen molar-refractivity contribution in [3.05, 3.63) is 0 Å². The van der Waals surface area contributed by atoms with Crippen molar-refractivity contribution in [3.63, 3.8) is 0 Å². The topological polar surface area (TPSA) is 0 Å². The van der Waals surface area contributed by atoms with E-state index < -0.39 is 0 Å². The Morgan fingerprint density at radius 3 is 2.12 bits per heavy atom. The predicted molar refractivity (Wildman–Crippen MR) is 115 cm³/mol. The maximum Gasteiger partial charge on any atom is -0.0157 e. The molecule has 0 aromatic rings. The fourth-order valence-corrected chi connectivity index (χ4v) is 7.51. The highest BCUT2D eigenvalue weighted by Gasteiger charge is 2.38. The Labute approximate surface area is 156 Å². The van der Waals surface area contributed by atoms with Gasteiger partial charge in [0, 0.05) is 0 Å². The minimum Gasteiger partial charge on any atom is -0.121 e. The van der Waals surface area contributed by atoms with Crippen LogP contribution < -0.4 is 0 Å². The summed E-state index contributed by atoms with van der Waals surface area (Å²) in [5.41, 5.74) is 2.11. The highest BCUT2D eigenvalue weighted by atomic mass is 31.1. The van der Waals surface area contributed by atoms with Crippen molar-refractivity contribution in [1.82, 2.24) is 0 Å². The summed E-state index contributed by atoms with van der Waals surface area (Å²) in [7, 11) is 1.11. The molecule has 0 radical (unpaired) electrons. The average molecular weight is 355 g/mol. The third-order valence-electron chi connectivity index (χ3n) is 6.85. The molecule has 0 aromatic carbocycles. The summed E-state index contributed by atoms with van der Waals surface area (Å²) in [6, 6.07) is 0. The summed E-state index contributed by atoms with van der Waals surface area (Å²) in [5.74, 6) is 2.79. The molecule has 0 N–H and O–H groups in total. The lowest BCUT2D eigenvalue weighted by Crippen LogP contribution is -2.37. The van der Waals surface area contributed by atoms with Crippen molar-refractivity contribution in [2.24, 2.45) is 28.6 Å². The van der Waals surface area contributed by atoms with Gasteiger partial charge in [-0.3, -0.25) is 0 Å². The lowest BCUT2D eigenvalue weighted by molar-refractivity contribution is 0.137. The molecule has 144 valence electrons. The zero-order valence-electron chi connectivity index (χ0n) is 18.2. The lowest BCUT2D eigenvalue weighted by Gasteiger charge is -2.45. The van der Waals surface area contributed by atoms with Crippen LogP contribution in [0.3, 0.4) is 0 Å². The molecule has 1 heteroatoms. The molecule has 1 rings (SSSR count). The van der Waals surface area contributed by atoms with E-state index in [0.29, 0.717) is 10.8 Å². The molecule has 4 atom stereocenters. The molecule has 4 unspecified atom stereocenters. The minimum atomic E-state index is 0.560. The van der Waals surface area contributed by atoms with Gasteiger partial charge in [-0.1, -0.05) is 61.3 Å². The third-order valence-corrected chi connectivity index (χ3v) is 8.64. The quantitative estimate of drug-likeness (QED) is 0.347. The first kappa shape index (κ1) is 22.5. The summed E-state index contributed by atoms with van der Waals surface area (Å²) < 4.78 is 0. The number of hydrogen-bond acceptors (Lipinski definition) is 0. The van der Waals surface area contributed by atoms with Crippen molar-refractivity contribution in [3.8, 4) is 0 Å². The third kappa shape index (κ3) is 6.63. The zero-order chi connectivity index (χ0) is 18.4. The first-order valence-electron chi connectivity index (χ1n) is 10.8. The van der Waals surface area contributed by atoms with Gasteiger partial charge in [0.1, 0.15) is 0 Å². The largest absolute Gasteiger partial charge is 0.121 e. The lowest BCUT2D eigenvalue weighted by atomic mass is 9.67. The van der Waals surface area contributed by atoms with Crippen molar-refractivity contribution >= 4 is 8.58 Å². The Kier molecular flexibility index (Phi) is 9.31. The van der Waals surface area contributed by atoms with Crippen LogP contribution in [0.15, 0.2) is 0 Å². The first-order chi connectivity index (χ1) is 11.2. The van der Waals surface area contributed by atoms with Gasteiger partial charge in [0.2, 0.25) is 0 Å². The maximum absolute atomic E-state index is 2.63. The maximum atomic E-state index is 2.63. The van der Waals surface area contributed by atoms with E-state index >= 15 is 0 Å². The highest BCUT2D eigenvalue weighted by molar-refractivity contribution is 7.38. The fraction of sp³-hybridized carbons (Fsp3) is 1.00. The Bertz CT molecular complexity index is 336. The minimum absolute atomic E-state index is 0.560. The van der Waals surface area contributed by atoms with Crippen molar-refractivity contribution < 1.29 is 0 Å². The second kappa shape index (κ2) is 9.94. The van der Waals surface area contributed by atoms with Crippen LogP contribution in [0.5, 0.6) is 0 Å². The molecular weight excluding hydrogens is 307 g/mol. The first-order valence-corrected chi connectivity index (χ1v) is 12.4. The van der Waals surface area contributed by atoms with Gasteiger partial charge in [0.15, 0.2) is 0 Å². The van der Waals surface area contributed by atoms with Crippen molar-refractivity contribution in [2.45, 2.75) is 112 Å². The van der Waals surface area contributed by atoms with E-state index in [4.69, 9.17) is 0 Å². The molecule has 1 aliphatic carbocycles. The van der Waals surface area contributed by atoms with Gasteiger partial charge in [-0.05, 0) is 85.9 Å². The second-order valence-corrected chi connectivity index (χ2v) is 11.5. The van der Waals surface area contributed by atoms with Crippen LogP contribution in [-0.2, 0) is 0 Å². The van der Waals surface area contributed by atoms with E-state index in [1.54, 1.807) is 0 Å². The normalized spacial score (nSPS) is 24.4. The van der Waals surface area contributed by atoms with Crippen LogP contribution in [0, 0.1) is 28.6 Å². The molecule has 1 fully saturated rings. The van der Waals surface area contributed by atoms with Gasteiger partial charge in [-0.15, -0.1) is 8.58 Å². The average Bonchev–Trinajstić information content (AvgIpc) is 2.48. The molecule has 0 aromatic heterocycles. The van der Waals surface area contributed by atoms with E-state index in [0.717, 1.165) is 32.0 Å². The van der Waals surface area contributed by atoms with Crippen LogP contribution in [0.25, 0.3) is 0 Å². The smallest absolute Gasteiger partial charge is 0.0157 e. The molecule has 1 saturated carbocycles. The molecule has 0 spiro atoms. The summed E-state index contributed by atoms with van der Waals surface area (Å²) in [6.45, 7) is 19.8. The summed E-state index contributed by atoms with van der Waals surface area (Å²) in [6.07, 6.45) is 13.0. The Hall–Kier alpha value is 0.430. The molecule has 24 heavy (non-hydrogen) atoms. The van der Waals surface area contributed by atoms with Crippen LogP contribution in [0.1, 0.15) is 106 Å². The van der Waals surface area contributed by atoms with Gasteiger partial charge in [0.05, 0.1) is 0 Å². The summed E-state index contributed by atoms with van der Waals surface area (Å²) in [4.78, 5) is 0. The molecule has 0 saturated heterocycles. The molecule has 0 aliphatic heterocycles.